The Labute approximate surface area is 93.4 Å². The molecular weight excluding hydrogens is 190 g/mol. The standard InChI is InChI=1S/C12H25NO2/c1-11(2,3)15-10-9-13-7-5-12(4,14)6-8-13/h14H,5-10H2,1-4H3. The predicted molar refractivity (Wildman–Crippen MR) is 62.0 cm³/mol. The average Bonchev–Trinajstić information content (AvgIpc) is 2.06. The lowest BCUT2D eigenvalue weighted by molar-refractivity contribution is -0.0364. The molecule has 3 nitrogen and oxygen atoms in total. The molecule has 1 fully saturated rings. The van der Waals surface area contributed by atoms with Gasteiger partial charge in [-0.05, 0) is 40.5 Å². The van der Waals surface area contributed by atoms with E-state index in [1.54, 1.807) is 0 Å². The highest BCUT2D eigenvalue weighted by Gasteiger charge is 2.27. The summed E-state index contributed by atoms with van der Waals surface area (Å²) in [5.41, 5.74) is -0.483. The summed E-state index contributed by atoms with van der Waals surface area (Å²) in [4.78, 5) is 2.36. The largest absolute Gasteiger partial charge is 0.390 e. The quantitative estimate of drug-likeness (QED) is 0.777. The molecule has 1 saturated heterocycles. The molecule has 90 valence electrons. The fraction of sp³-hybridized carbons (Fsp3) is 1.00. The van der Waals surface area contributed by atoms with Gasteiger partial charge in [-0.1, -0.05) is 0 Å². The van der Waals surface area contributed by atoms with Gasteiger partial charge in [0.2, 0.25) is 0 Å². The SMILES string of the molecule is CC1(O)CCN(CCOC(C)(C)C)CC1. The molecule has 0 aliphatic carbocycles. The fourth-order valence-corrected chi connectivity index (χ4v) is 1.74. The van der Waals surface area contributed by atoms with E-state index in [-0.39, 0.29) is 5.60 Å². The zero-order valence-corrected chi connectivity index (χ0v) is 10.5. The van der Waals surface area contributed by atoms with Crippen LogP contribution in [0, 0.1) is 0 Å². The number of nitrogens with zero attached hydrogens (tertiary/aromatic N) is 1. The summed E-state index contributed by atoms with van der Waals surface area (Å²) in [5, 5.41) is 9.79. The van der Waals surface area contributed by atoms with E-state index in [1.807, 2.05) is 6.92 Å². The molecule has 1 aliphatic heterocycles. The molecule has 0 saturated carbocycles. The van der Waals surface area contributed by atoms with Crippen LogP contribution < -0.4 is 0 Å². The normalized spacial score (nSPS) is 23.0. The topological polar surface area (TPSA) is 32.7 Å². The van der Waals surface area contributed by atoms with Crippen molar-refractivity contribution in [2.75, 3.05) is 26.2 Å². The molecule has 0 spiro atoms. The maximum absolute atomic E-state index is 9.79. The molecule has 3 heteroatoms. The Kier molecular flexibility index (Phi) is 4.15. The number of aliphatic hydroxyl groups is 1. The van der Waals surface area contributed by atoms with Crippen molar-refractivity contribution in [3.63, 3.8) is 0 Å². The molecule has 0 radical (unpaired) electrons. The Hall–Kier alpha value is -0.120. The molecule has 0 aromatic heterocycles. The van der Waals surface area contributed by atoms with Crippen molar-refractivity contribution < 1.29 is 9.84 Å². The van der Waals surface area contributed by atoms with Gasteiger partial charge in [0.25, 0.3) is 0 Å². The van der Waals surface area contributed by atoms with Crippen molar-refractivity contribution in [3.05, 3.63) is 0 Å². The van der Waals surface area contributed by atoms with E-state index in [9.17, 15) is 5.11 Å². The highest BCUT2D eigenvalue weighted by molar-refractivity contribution is 4.81. The van der Waals surface area contributed by atoms with Crippen LogP contribution in [-0.4, -0.2) is 47.4 Å². The van der Waals surface area contributed by atoms with Gasteiger partial charge in [-0.3, -0.25) is 0 Å². The van der Waals surface area contributed by atoms with Crippen LogP contribution in [-0.2, 0) is 4.74 Å². The second-order valence-electron chi connectivity index (χ2n) is 5.80. The first-order valence-corrected chi connectivity index (χ1v) is 5.87. The second kappa shape index (κ2) is 4.81. The summed E-state index contributed by atoms with van der Waals surface area (Å²) in [6.07, 6.45) is 1.75. The van der Waals surface area contributed by atoms with E-state index in [1.165, 1.54) is 0 Å². The summed E-state index contributed by atoms with van der Waals surface area (Å²) < 4.78 is 5.68. The Morgan fingerprint density at radius 2 is 1.80 bits per heavy atom. The van der Waals surface area contributed by atoms with Crippen molar-refractivity contribution in [2.45, 2.75) is 51.7 Å². The Morgan fingerprint density at radius 1 is 1.27 bits per heavy atom. The van der Waals surface area contributed by atoms with Gasteiger partial charge in [0.15, 0.2) is 0 Å². The Balaban J connectivity index is 2.14. The molecule has 1 aliphatic rings. The van der Waals surface area contributed by atoms with Gasteiger partial charge in [-0.15, -0.1) is 0 Å². The lowest BCUT2D eigenvalue weighted by atomic mass is 9.94. The van der Waals surface area contributed by atoms with E-state index in [0.29, 0.717) is 0 Å². The van der Waals surface area contributed by atoms with Gasteiger partial charge >= 0.3 is 0 Å². The summed E-state index contributed by atoms with van der Waals surface area (Å²) >= 11 is 0. The van der Waals surface area contributed by atoms with Crippen LogP contribution in [0.1, 0.15) is 40.5 Å². The monoisotopic (exact) mass is 215 g/mol. The number of hydrogen-bond donors (Lipinski definition) is 1. The first-order valence-electron chi connectivity index (χ1n) is 5.87. The third-order valence-corrected chi connectivity index (χ3v) is 2.88. The van der Waals surface area contributed by atoms with E-state index < -0.39 is 5.60 Å². The minimum atomic E-state index is -0.443. The van der Waals surface area contributed by atoms with Crippen molar-refractivity contribution in [1.82, 2.24) is 4.90 Å². The average molecular weight is 215 g/mol. The summed E-state index contributed by atoms with van der Waals surface area (Å²) in [6.45, 7) is 11.9. The maximum atomic E-state index is 9.79. The maximum Gasteiger partial charge on any atom is 0.0644 e. The zero-order chi connectivity index (χ0) is 11.5. The molecule has 15 heavy (non-hydrogen) atoms. The van der Waals surface area contributed by atoms with Gasteiger partial charge in [0.1, 0.15) is 0 Å². The molecule has 1 rings (SSSR count). The molecule has 0 aromatic carbocycles. The molecule has 0 aromatic rings. The Bertz CT molecular complexity index is 186. The van der Waals surface area contributed by atoms with Crippen LogP contribution >= 0.6 is 0 Å². The molecule has 0 unspecified atom stereocenters. The van der Waals surface area contributed by atoms with Crippen LogP contribution in [0.5, 0.6) is 0 Å². The number of hydrogen-bond acceptors (Lipinski definition) is 3. The van der Waals surface area contributed by atoms with E-state index in [4.69, 9.17) is 4.74 Å². The minimum absolute atomic E-state index is 0.0404. The Morgan fingerprint density at radius 3 is 2.27 bits per heavy atom. The predicted octanol–water partition coefficient (Wildman–Crippen LogP) is 1.65. The molecule has 0 amide bonds. The van der Waals surface area contributed by atoms with Gasteiger partial charge in [-0.25, -0.2) is 0 Å². The van der Waals surface area contributed by atoms with Crippen LogP contribution in [0.3, 0.4) is 0 Å². The lowest BCUT2D eigenvalue weighted by Gasteiger charge is -2.36. The number of piperidine rings is 1. The summed E-state index contributed by atoms with van der Waals surface area (Å²) in [5.74, 6) is 0. The summed E-state index contributed by atoms with van der Waals surface area (Å²) in [7, 11) is 0. The second-order valence-corrected chi connectivity index (χ2v) is 5.80. The van der Waals surface area contributed by atoms with Gasteiger partial charge < -0.3 is 14.7 Å². The smallest absolute Gasteiger partial charge is 0.0644 e. The molecule has 0 atom stereocenters. The molecule has 1 heterocycles. The van der Waals surface area contributed by atoms with Crippen LogP contribution in [0.25, 0.3) is 0 Å². The van der Waals surface area contributed by atoms with Crippen molar-refractivity contribution in [2.24, 2.45) is 0 Å². The number of ether oxygens (including phenoxy) is 1. The van der Waals surface area contributed by atoms with Gasteiger partial charge in [-0.2, -0.15) is 0 Å². The van der Waals surface area contributed by atoms with Crippen LogP contribution in [0.2, 0.25) is 0 Å². The molecule has 1 N–H and O–H groups in total. The lowest BCUT2D eigenvalue weighted by Crippen LogP contribution is -2.43. The first kappa shape index (κ1) is 12.9. The zero-order valence-electron chi connectivity index (χ0n) is 10.5. The van der Waals surface area contributed by atoms with Crippen molar-refractivity contribution >= 4 is 0 Å². The van der Waals surface area contributed by atoms with Gasteiger partial charge in [0, 0.05) is 19.6 Å². The highest BCUT2D eigenvalue weighted by atomic mass is 16.5. The van der Waals surface area contributed by atoms with E-state index in [0.717, 1.165) is 39.1 Å². The third kappa shape index (κ3) is 5.50. The highest BCUT2D eigenvalue weighted by Crippen LogP contribution is 2.20. The van der Waals surface area contributed by atoms with Crippen LogP contribution in [0.4, 0.5) is 0 Å². The number of rotatable bonds is 3. The van der Waals surface area contributed by atoms with Crippen LogP contribution in [0.15, 0.2) is 0 Å². The molecular formula is C12H25NO2. The van der Waals surface area contributed by atoms with E-state index >= 15 is 0 Å². The summed E-state index contributed by atoms with van der Waals surface area (Å²) in [6, 6.07) is 0. The molecule has 0 bridgehead atoms. The van der Waals surface area contributed by atoms with Crippen molar-refractivity contribution in [3.8, 4) is 0 Å². The van der Waals surface area contributed by atoms with E-state index in [2.05, 4.69) is 25.7 Å². The number of likely N-dealkylation sites (tertiary alicyclic amines) is 1. The minimum Gasteiger partial charge on any atom is -0.390 e. The van der Waals surface area contributed by atoms with Gasteiger partial charge in [0.05, 0.1) is 17.8 Å². The third-order valence-electron chi connectivity index (χ3n) is 2.88. The fourth-order valence-electron chi connectivity index (χ4n) is 1.74. The van der Waals surface area contributed by atoms with Crippen molar-refractivity contribution in [1.29, 1.82) is 0 Å². The first-order chi connectivity index (χ1) is 6.79.